The molecule has 184 valence electrons. The van der Waals surface area contributed by atoms with Crippen LogP contribution in [0.15, 0.2) is 24.4 Å². The van der Waals surface area contributed by atoms with E-state index in [-0.39, 0.29) is 5.56 Å². The Morgan fingerprint density at radius 1 is 1.09 bits per heavy atom. The van der Waals surface area contributed by atoms with Crippen molar-refractivity contribution in [2.45, 2.75) is 45.3 Å². The van der Waals surface area contributed by atoms with Crippen LogP contribution in [0.1, 0.15) is 48.3 Å². The van der Waals surface area contributed by atoms with E-state index in [9.17, 15) is 13.2 Å². The van der Waals surface area contributed by atoms with Crippen LogP contribution in [0.3, 0.4) is 0 Å². The van der Waals surface area contributed by atoms with Crippen molar-refractivity contribution in [3.63, 3.8) is 0 Å². The number of piperidine rings is 1. The van der Waals surface area contributed by atoms with Gasteiger partial charge in [-0.3, -0.25) is 0 Å². The molecule has 2 bridgehead atoms. The van der Waals surface area contributed by atoms with Crippen LogP contribution in [0, 0.1) is 42.1 Å². The highest BCUT2D eigenvalue weighted by Crippen LogP contribution is 2.44. The zero-order chi connectivity index (χ0) is 24.1. The molecule has 1 saturated heterocycles. The van der Waals surface area contributed by atoms with Crippen LogP contribution in [0.5, 0.6) is 0 Å². The van der Waals surface area contributed by atoms with Crippen molar-refractivity contribution in [3.05, 3.63) is 64.8 Å². The number of halogens is 3. The van der Waals surface area contributed by atoms with Crippen LogP contribution in [-0.2, 0) is 17.7 Å². The van der Waals surface area contributed by atoms with Gasteiger partial charge in [-0.1, -0.05) is 0 Å². The summed E-state index contributed by atoms with van der Waals surface area (Å²) in [5.74, 6) is -1.28. The van der Waals surface area contributed by atoms with Crippen molar-refractivity contribution >= 4 is 5.69 Å². The first-order valence-electron chi connectivity index (χ1n) is 12.2. The van der Waals surface area contributed by atoms with Gasteiger partial charge in [0.05, 0.1) is 17.6 Å². The number of hydrogen-bond acceptors (Lipinski definition) is 6. The topological polar surface area (TPSA) is 69.0 Å². The summed E-state index contributed by atoms with van der Waals surface area (Å²) >= 11 is 0. The summed E-state index contributed by atoms with van der Waals surface area (Å²) in [5.41, 5.74) is 1.98. The lowest BCUT2D eigenvalue weighted by atomic mass is 9.82. The minimum absolute atomic E-state index is 0.0550. The van der Waals surface area contributed by atoms with E-state index in [2.05, 4.69) is 21.2 Å². The first-order valence-corrected chi connectivity index (χ1v) is 12.2. The van der Waals surface area contributed by atoms with E-state index < -0.39 is 23.6 Å². The van der Waals surface area contributed by atoms with Gasteiger partial charge in [-0.05, 0) is 62.1 Å². The molecule has 2 fully saturated rings. The Kier molecular flexibility index (Phi) is 5.70. The van der Waals surface area contributed by atoms with Gasteiger partial charge in [-0.2, -0.15) is 15.3 Å². The number of fused-ring (bicyclic) bond motifs is 3. The monoisotopic (exact) mass is 484 g/mol. The minimum atomic E-state index is -1.50. The second-order valence-electron chi connectivity index (χ2n) is 9.90. The van der Waals surface area contributed by atoms with Crippen LogP contribution in [0.4, 0.5) is 18.9 Å². The molecule has 1 aromatic carbocycles. The van der Waals surface area contributed by atoms with Gasteiger partial charge in [-0.25, -0.2) is 22.8 Å². The molecule has 1 unspecified atom stereocenters. The third kappa shape index (κ3) is 4.07. The maximum atomic E-state index is 14.6. The number of anilines is 1. The van der Waals surface area contributed by atoms with Crippen molar-refractivity contribution < 1.29 is 17.9 Å². The molecule has 1 aliphatic carbocycles. The Morgan fingerprint density at radius 2 is 1.89 bits per heavy atom. The average molecular weight is 485 g/mol. The summed E-state index contributed by atoms with van der Waals surface area (Å²) in [6.45, 7) is 4.83. The summed E-state index contributed by atoms with van der Waals surface area (Å²) in [4.78, 5) is 7.16. The second-order valence-corrected chi connectivity index (χ2v) is 9.90. The molecule has 0 amide bonds. The summed E-state index contributed by atoms with van der Waals surface area (Å²) in [7, 11) is 0. The van der Waals surface area contributed by atoms with E-state index in [1.54, 1.807) is 4.68 Å². The summed E-state index contributed by atoms with van der Waals surface area (Å²) in [6.07, 6.45) is 4.67. The van der Waals surface area contributed by atoms with Crippen LogP contribution in [0.2, 0.25) is 0 Å². The predicted octanol–water partition coefficient (Wildman–Crippen LogP) is 4.01. The molecule has 2 aromatic heterocycles. The minimum Gasteiger partial charge on any atom is -0.370 e. The first-order chi connectivity index (χ1) is 17.0. The summed E-state index contributed by atoms with van der Waals surface area (Å²) in [5, 5.41) is 12.9. The number of rotatable bonds is 4. The van der Waals surface area contributed by atoms with Gasteiger partial charge >= 0.3 is 0 Å². The Morgan fingerprint density at radius 3 is 2.66 bits per heavy atom. The number of ether oxygens (including phenoxy) is 1. The molecule has 0 spiro atoms. The van der Waals surface area contributed by atoms with Crippen molar-refractivity contribution in [3.8, 4) is 0 Å². The highest BCUT2D eigenvalue weighted by Gasteiger charge is 2.43. The quantitative estimate of drug-likeness (QED) is 0.522. The van der Waals surface area contributed by atoms with Crippen LogP contribution >= 0.6 is 0 Å². The van der Waals surface area contributed by atoms with Gasteiger partial charge in [0.25, 0.3) is 0 Å². The fraction of sp³-hybridized carbons (Fsp3) is 0.520. The molecule has 2 aliphatic heterocycles. The number of aryl methyl sites for hydroxylation is 2. The predicted molar refractivity (Wildman–Crippen MR) is 121 cm³/mol. The Balaban J connectivity index is 1.24. The Hall–Kier alpha value is -3.01. The normalized spacial score (nSPS) is 26.0. The highest BCUT2D eigenvalue weighted by molar-refractivity contribution is 5.45. The second kappa shape index (κ2) is 8.89. The molecule has 0 radical (unpaired) electrons. The van der Waals surface area contributed by atoms with Gasteiger partial charge in [-0.15, -0.1) is 0 Å². The van der Waals surface area contributed by atoms with Crippen molar-refractivity contribution in [2.75, 3.05) is 24.6 Å². The van der Waals surface area contributed by atoms with Crippen LogP contribution < -0.4 is 4.90 Å². The van der Waals surface area contributed by atoms with Gasteiger partial charge in [0.15, 0.2) is 29.1 Å². The third-order valence-electron chi connectivity index (χ3n) is 7.70. The molecule has 3 aromatic rings. The number of benzene rings is 1. The first kappa shape index (κ1) is 22.5. The van der Waals surface area contributed by atoms with E-state index in [0.29, 0.717) is 49.0 Å². The fourth-order valence-electron chi connectivity index (χ4n) is 6.03. The van der Waals surface area contributed by atoms with Crippen molar-refractivity contribution in [2.24, 2.45) is 17.8 Å². The standard InChI is InChI=1S/C25H27F3N6O/c1-14-9-17(11-29-31-14)33-12-15-3-4-16(13-33)19(15)10-21-30-25-24(35-8-2-7-34(25)32-21)18-5-6-20(26)23(28)22(18)27/h5-6,9,11,15-16,19,24H,2-4,7-8,10,12-13H2,1H3/t15-,16+,19?,24-/m1/s1. The van der Waals surface area contributed by atoms with E-state index in [1.807, 2.05) is 13.1 Å². The summed E-state index contributed by atoms with van der Waals surface area (Å²) < 4.78 is 49.6. The molecule has 6 rings (SSSR count). The van der Waals surface area contributed by atoms with E-state index >= 15 is 0 Å². The van der Waals surface area contributed by atoms with Gasteiger partial charge < -0.3 is 9.64 Å². The molecule has 10 heteroatoms. The van der Waals surface area contributed by atoms with Crippen molar-refractivity contribution in [1.29, 1.82) is 0 Å². The maximum Gasteiger partial charge on any atom is 0.194 e. The van der Waals surface area contributed by atoms with Gasteiger partial charge in [0.2, 0.25) is 0 Å². The van der Waals surface area contributed by atoms with Crippen LogP contribution in [0.25, 0.3) is 0 Å². The van der Waals surface area contributed by atoms with Crippen molar-refractivity contribution in [1.82, 2.24) is 25.0 Å². The smallest absolute Gasteiger partial charge is 0.194 e. The average Bonchev–Trinajstić information content (AvgIpc) is 3.25. The summed E-state index contributed by atoms with van der Waals surface area (Å²) in [6, 6.07) is 4.24. The Labute approximate surface area is 201 Å². The molecular weight excluding hydrogens is 457 g/mol. The van der Waals surface area contributed by atoms with Crippen LogP contribution in [-0.4, -0.2) is 44.7 Å². The molecule has 1 saturated carbocycles. The lowest BCUT2D eigenvalue weighted by Gasteiger charge is -2.39. The van der Waals surface area contributed by atoms with Gasteiger partial charge in [0.1, 0.15) is 6.10 Å². The molecule has 0 N–H and O–H groups in total. The maximum absolute atomic E-state index is 14.6. The molecule has 4 atom stereocenters. The molecule has 7 nitrogen and oxygen atoms in total. The highest BCUT2D eigenvalue weighted by atomic mass is 19.2. The zero-order valence-electron chi connectivity index (χ0n) is 19.5. The Bertz CT molecular complexity index is 1240. The SMILES string of the molecule is Cc1cc(N2C[C@H]3CC[C@@H](C2)C3Cc2nc3n(n2)CCCO[C@@H]3c2ccc(F)c(F)c2F)cnn1. The lowest BCUT2D eigenvalue weighted by molar-refractivity contribution is 0.0779. The molecule has 3 aliphatic rings. The fourth-order valence-corrected chi connectivity index (χ4v) is 6.03. The van der Waals surface area contributed by atoms with E-state index in [1.165, 1.54) is 18.9 Å². The molecule has 4 heterocycles. The van der Waals surface area contributed by atoms with Gasteiger partial charge in [0, 0.05) is 38.2 Å². The van der Waals surface area contributed by atoms with E-state index in [0.717, 1.165) is 37.0 Å². The largest absolute Gasteiger partial charge is 0.370 e. The third-order valence-corrected chi connectivity index (χ3v) is 7.70. The number of hydrogen-bond donors (Lipinski definition) is 0. The molecule has 35 heavy (non-hydrogen) atoms. The number of aromatic nitrogens is 5. The van der Waals surface area contributed by atoms with E-state index in [4.69, 9.17) is 14.8 Å². The lowest BCUT2D eigenvalue weighted by Crippen LogP contribution is -2.43. The number of nitrogens with zero attached hydrogens (tertiary/aromatic N) is 6. The zero-order valence-corrected chi connectivity index (χ0v) is 19.5. The molecular formula is C25H27F3N6O.